The van der Waals surface area contributed by atoms with E-state index in [0.29, 0.717) is 18.0 Å². The largest absolute Gasteiger partial charge is 0.338 e. The molecule has 0 aromatic heterocycles. The third-order valence-electron chi connectivity index (χ3n) is 3.80. The minimum Gasteiger partial charge on any atom is -0.338 e. The van der Waals surface area contributed by atoms with Crippen LogP contribution in [0.2, 0.25) is 0 Å². The molecule has 2 fully saturated rings. The molecule has 2 aliphatic heterocycles. The number of fused-ring (bicyclic) bond motifs is 1. The van der Waals surface area contributed by atoms with Crippen molar-refractivity contribution in [3.63, 3.8) is 0 Å². The molecule has 2 saturated heterocycles. The Kier molecular flexibility index (Phi) is 5.16. The molecule has 17 heavy (non-hydrogen) atoms. The predicted molar refractivity (Wildman–Crippen MR) is 73.4 cm³/mol. The van der Waals surface area contributed by atoms with Crippen LogP contribution in [0.15, 0.2) is 0 Å². The molecule has 0 aromatic rings. The molecule has 0 aliphatic carbocycles. The Morgan fingerprint density at radius 1 is 1.47 bits per heavy atom. The van der Waals surface area contributed by atoms with Crippen LogP contribution in [0.4, 0.5) is 0 Å². The average Bonchev–Trinajstić information content (AvgIpc) is 2.67. The highest BCUT2D eigenvalue weighted by atomic mass is 32.2. The van der Waals surface area contributed by atoms with Gasteiger partial charge in [-0.15, -0.1) is 0 Å². The number of piperidine rings is 1. The normalized spacial score (nSPS) is 28.5. The maximum atomic E-state index is 11.8. The molecule has 0 spiro atoms. The number of amides is 1. The van der Waals surface area contributed by atoms with Crippen LogP contribution < -0.4 is 5.32 Å². The van der Waals surface area contributed by atoms with Crippen molar-refractivity contribution in [2.75, 3.05) is 24.6 Å². The molecule has 98 valence electrons. The second-order valence-electron chi connectivity index (χ2n) is 4.97. The Bertz CT molecular complexity index is 260. The molecule has 2 rings (SSSR count). The molecule has 0 aromatic carbocycles. The first kappa shape index (κ1) is 13.2. The number of nitrogens with zero attached hydrogens (tertiary/aromatic N) is 1. The monoisotopic (exact) mass is 256 g/mol. The lowest BCUT2D eigenvalue weighted by Crippen LogP contribution is -2.45. The van der Waals surface area contributed by atoms with Gasteiger partial charge < -0.3 is 10.2 Å². The SMILES string of the molecule is CCSCCCNC1CC(=O)N2CCCCC12. The highest BCUT2D eigenvalue weighted by Gasteiger charge is 2.40. The molecule has 2 unspecified atom stereocenters. The van der Waals surface area contributed by atoms with Crippen LogP contribution in [0.5, 0.6) is 0 Å². The van der Waals surface area contributed by atoms with Gasteiger partial charge >= 0.3 is 0 Å². The Morgan fingerprint density at radius 3 is 3.18 bits per heavy atom. The first-order valence-corrected chi connectivity index (χ1v) is 8.09. The van der Waals surface area contributed by atoms with E-state index in [1.807, 2.05) is 11.8 Å². The number of rotatable bonds is 6. The smallest absolute Gasteiger partial charge is 0.224 e. The highest BCUT2D eigenvalue weighted by molar-refractivity contribution is 7.99. The summed E-state index contributed by atoms with van der Waals surface area (Å²) in [5, 5.41) is 3.59. The molecule has 3 nitrogen and oxygen atoms in total. The van der Waals surface area contributed by atoms with E-state index in [0.717, 1.165) is 19.5 Å². The summed E-state index contributed by atoms with van der Waals surface area (Å²) in [6.07, 6.45) is 5.63. The zero-order valence-corrected chi connectivity index (χ0v) is 11.6. The lowest BCUT2D eigenvalue weighted by atomic mass is 9.99. The molecule has 1 N–H and O–H groups in total. The van der Waals surface area contributed by atoms with Gasteiger partial charge in [0.2, 0.25) is 5.91 Å². The van der Waals surface area contributed by atoms with E-state index in [1.54, 1.807) is 0 Å². The quantitative estimate of drug-likeness (QED) is 0.736. The molecule has 2 atom stereocenters. The summed E-state index contributed by atoms with van der Waals surface area (Å²) < 4.78 is 0. The zero-order chi connectivity index (χ0) is 12.1. The van der Waals surface area contributed by atoms with Gasteiger partial charge in [-0.1, -0.05) is 6.92 Å². The van der Waals surface area contributed by atoms with Crippen molar-refractivity contribution in [1.29, 1.82) is 0 Å². The maximum absolute atomic E-state index is 11.8. The van der Waals surface area contributed by atoms with Crippen LogP contribution in [0.3, 0.4) is 0 Å². The summed E-state index contributed by atoms with van der Waals surface area (Å²) in [4.78, 5) is 13.9. The Balaban J connectivity index is 1.71. The fourth-order valence-electron chi connectivity index (χ4n) is 2.94. The van der Waals surface area contributed by atoms with Gasteiger partial charge in [0.05, 0.1) is 0 Å². The van der Waals surface area contributed by atoms with Crippen molar-refractivity contribution < 1.29 is 4.79 Å². The van der Waals surface area contributed by atoms with E-state index >= 15 is 0 Å². The molecular weight excluding hydrogens is 232 g/mol. The van der Waals surface area contributed by atoms with E-state index in [4.69, 9.17) is 0 Å². The number of carbonyl (C=O) groups is 1. The number of carbonyl (C=O) groups excluding carboxylic acids is 1. The van der Waals surface area contributed by atoms with E-state index in [9.17, 15) is 4.79 Å². The maximum Gasteiger partial charge on any atom is 0.224 e. The number of hydrogen-bond acceptors (Lipinski definition) is 3. The standard InChI is InChI=1S/C13H24N2OS/c1-2-17-9-5-7-14-11-10-13(16)15-8-4-3-6-12(11)15/h11-12,14H,2-10H2,1H3. The van der Waals surface area contributed by atoms with Gasteiger partial charge in [0, 0.05) is 25.0 Å². The number of nitrogens with one attached hydrogen (secondary N) is 1. The van der Waals surface area contributed by atoms with Gasteiger partial charge in [0.1, 0.15) is 0 Å². The molecule has 2 heterocycles. The Labute approximate surface area is 109 Å². The van der Waals surface area contributed by atoms with Crippen molar-refractivity contribution in [3.8, 4) is 0 Å². The summed E-state index contributed by atoms with van der Waals surface area (Å²) in [5.41, 5.74) is 0. The van der Waals surface area contributed by atoms with Gasteiger partial charge in [-0.3, -0.25) is 4.79 Å². The van der Waals surface area contributed by atoms with Crippen molar-refractivity contribution in [2.45, 2.75) is 51.1 Å². The minimum absolute atomic E-state index is 0.370. The van der Waals surface area contributed by atoms with Gasteiger partial charge in [-0.2, -0.15) is 11.8 Å². The second-order valence-corrected chi connectivity index (χ2v) is 6.36. The molecule has 0 saturated carbocycles. The molecule has 0 radical (unpaired) electrons. The van der Waals surface area contributed by atoms with Crippen molar-refractivity contribution in [1.82, 2.24) is 10.2 Å². The third-order valence-corrected chi connectivity index (χ3v) is 4.79. The van der Waals surface area contributed by atoms with Crippen LogP contribution in [0.1, 0.15) is 39.0 Å². The summed E-state index contributed by atoms with van der Waals surface area (Å²) in [6, 6.07) is 0.921. The molecule has 0 bridgehead atoms. The topological polar surface area (TPSA) is 32.3 Å². The fraction of sp³-hybridized carbons (Fsp3) is 0.923. The molecular formula is C13H24N2OS. The van der Waals surface area contributed by atoms with Crippen LogP contribution in [0, 0.1) is 0 Å². The summed E-state index contributed by atoms with van der Waals surface area (Å²) >= 11 is 2.00. The van der Waals surface area contributed by atoms with Gasteiger partial charge in [-0.25, -0.2) is 0 Å². The summed E-state index contributed by atoms with van der Waals surface area (Å²) in [7, 11) is 0. The number of hydrogen-bond donors (Lipinski definition) is 1. The second kappa shape index (κ2) is 6.64. The van der Waals surface area contributed by atoms with Crippen LogP contribution in [0.25, 0.3) is 0 Å². The van der Waals surface area contributed by atoms with Crippen molar-refractivity contribution in [2.24, 2.45) is 0 Å². The van der Waals surface area contributed by atoms with Gasteiger partial charge in [-0.05, 0) is 43.7 Å². The van der Waals surface area contributed by atoms with E-state index < -0.39 is 0 Å². The van der Waals surface area contributed by atoms with Crippen molar-refractivity contribution in [3.05, 3.63) is 0 Å². The first-order valence-electron chi connectivity index (χ1n) is 6.93. The lowest BCUT2D eigenvalue weighted by Gasteiger charge is -2.32. The third kappa shape index (κ3) is 3.38. The molecule has 1 amide bonds. The Morgan fingerprint density at radius 2 is 2.35 bits per heavy atom. The van der Waals surface area contributed by atoms with Crippen LogP contribution in [-0.4, -0.2) is 47.5 Å². The van der Waals surface area contributed by atoms with Gasteiger partial charge in [0.25, 0.3) is 0 Å². The molecule has 2 aliphatic rings. The van der Waals surface area contributed by atoms with Crippen LogP contribution >= 0.6 is 11.8 Å². The minimum atomic E-state index is 0.370. The summed E-state index contributed by atoms with van der Waals surface area (Å²) in [5.74, 6) is 2.81. The Hall–Kier alpha value is -0.220. The zero-order valence-electron chi connectivity index (χ0n) is 10.8. The highest BCUT2D eigenvalue weighted by Crippen LogP contribution is 2.28. The number of thioether (sulfide) groups is 1. The summed E-state index contributed by atoms with van der Waals surface area (Å²) in [6.45, 7) is 4.26. The first-order chi connectivity index (χ1) is 8.33. The van der Waals surface area contributed by atoms with E-state index in [1.165, 1.54) is 37.2 Å². The molecule has 4 heteroatoms. The van der Waals surface area contributed by atoms with Gasteiger partial charge in [0.15, 0.2) is 0 Å². The lowest BCUT2D eigenvalue weighted by molar-refractivity contribution is -0.129. The predicted octanol–water partition coefficient (Wildman–Crippen LogP) is 1.87. The van der Waals surface area contributed by atoms with E-state index in [2.05, 4.69) is 17.1 Å². The average molecular weight is 256 g/mol. The van der Waals surface area contributed by atoms with E-state index in [-0.39, 0.29) is 0 Å². The fourth-order valence-corrected chi connectivity index (χ4v) is 3.58. The van der Waals surface area contributed by atoms with Crippen LogP contribution in [-0.2, 0) is 4.79 Å². The van der Waals surface area contributed by atoms with Crippen molar-refractivity contribution >= 4 is 17.7 Å².